The summed E-state index contributed by atoms with van der Waals surface area (Å²) in [6.45, 7) is 4.62. The quantitative estimate of drug-likeness (QED) is 0.164. The molecule has 0 saturated heterocycles. The molecule has 0 N–H and O–H groups in total. The van der Waals surface area contributed by atoms with Gasteiger partial charge in [0.15, 0.2) is 5.82 Å². The smallest absolute Gasteiger partial charge is 0.160 e. The van der Waals surface area contributed by atoms with Gasteiger partial charge in [0.25, 0.3) is 0 Å². The largest absolute Gasteiger partial charge is 0.456 e. The van der Waals surface area contributed by atoms with Gasteiger partial charge < -0.3 is 4.42 Å². The fraction of sp³-hybridized carbons (Fsp3) is 0.0536. The number of pyridine rings is 1. The summed E-state index contributed by atoms with van der Waals surface area (Å²) >= 11 is 0. The number of benzene rings is 8. The zero-order valence-electron chi connectivity index (χ0n) is 33.1. The average Bonchev–Trinajstić information content (AvgIpc) is 3.80. The number of fused-ring (bicyclic) bond motifs is 10. The number of para-hydroxylation sites is 1. The second-order valence-electron chi connectivity index (χ2n) is 16.4. The number of aromatic nitrogens is 3. The van der Waals surface area contributed by atoms with E-state index in [1.807, 2.05) is 24.3 Å². The van der Waals surface area contributed by atoms with Crippen LogP contribution >= 0.6 is 0 Å². The fourth-order valence-electron chi connectivity index (χ4n) is 9.48. The first-order chi connectivity index (χ1) is 29.5. The topological polar surface area (TPSA) is 51.8 Å². The lowest BCUT2D eigenvalue weighted by atomic mass is 9.82. The number of hydrogen-bond acceptors (Lipinski definition) is 4. The molecule has 0 unspecified atom stereocenters. The van der Waals surface area contributed by atoms with E-state index in [9.17, 15) is 0 Å². The maximum Gasteiger partial charge on any atom is 0.160 e. The zero-order chi connectivity index (χ0) is 40.0. The summed E-state index contributed by atoms with van der Waals surface area (Å²) < 4.78 is 6.37. The van der Waals surface area contributed by atoms with Crippen molar-refractivity contribution in [2.75, 3.05) is 0 Å². The Labute approximate surface area is 347 Å². The third kappa shape index (κ3) is 5.34. The van der Waals surface area contributed by atoms with E-state index in [4.69, 9.17) is 19.4 Å². The Kier molecular flexibility index (Phi) is 7.54. The minimum Gasteiger partial charge on any atom is -0.456 e. The highest BCUT2D eigenvalue weighted by Gasteiger charge is 2.35. The molecule has 0 atom stereocenters. The summed E-state index contributed by atoms with van der Waals surface area (Å²) in [7, 11) is 0. The molecule has 4 heteroatoms. The molecule has 282 valence electrons. The summed E-state index contributed by atoms with van der Waals surface area (Å²) in [5.41, 5.74) is 17.0. The molecule has 12 rings (SSSR count). The number of nitrogens with zero attached hydrogens (tertiary/aromatic N) is 3. The van der Waals surface area contributed by atoms with Crippen LogP contribution in [0.3, 0.4) is 0 Å². The normalized spacial score (nSPS) is 13.0. The highest BCUT2D eigenvalue weighted by molar-refractivity contribution is 6.28. The molecular weight excluding hydrogens is 731 g/mol. The Morgan fingerprint density at radius 3 is 1.80 bits per heavy atom. The average molecular weight is 768 g/mol. The summed E-state index contributed by atoms with van der Waals surface area (Å²) in [6.07, 6.45) is 0. The number of rotatable bonds is 5. The third-order valence-corrected chi connectivity index (χ3v) is 12.5. The van der Waals surface area contributed by atoms with Gasteiger partial charge in [-0.05, 0) is 69.8 Å². The van der Waals surface area contributed by atoms with E-state index in [0.717, 1.165) is 94.1 Å². The maximum atomic E-state index is 6.37. The van der Waals surface area contributed by atoms with Crippen LogP contribution in [0.2, 0.25) is 0 Å². The highest BCUT2D eigenvalue weighted by Crippen LogP contribution is 2.49. The monoisotopic (exact) mass is 767 g/mol. The van der Waals surface area contributed by atoms with Gasteiger partial charge in [-0.1, -0.05) is 166 Å². The van der Waals surface area contributed by atoms with E-state index in [1.165, 1.54) is 22.3 Å². The van der Waals surface area contributed by atoms with Crippen molar-refractivity contribution in [2.45, 2.75) is 19.3 Å². The maximum absolute atomic E-state index is 6.37. The SMILES string of the molecule is CC1(C)c2ccccc2-c2cc(-c3nc(-c4ccccc4)cc(-c4ccc(-c5ccc6c(c5)nc(-c5ccccc5)c5ccc7oc8ccccc8c7c56)cc4)n3)ccc21. The molecule has 3 aromatic heterocycles. The van der Waals surface area contributed by atoms with E-state index < -0.39 is 0 Å². The number of furan rings is 1. The van der Waals surface area contributed by atoms with E-state index in [-0.39, 0.29) is 5.41 Å². The molecule has 0 amide bonds. The van der Waals surface area contributed by atoms with Crippen molar-refractivity contribution in [1.82, 2.24) is 15.0 Å². The lowest BCUT2D eigenvalue weighted by Gasteiger charge is -2.21. The van der Waals surface area contributed by atoms with Gasteiger partial charge in [-0.15, -0.1) is 0 Å². The molecule has 0 aliphatic heterocycles. The van der Waals surface area contributed by atoms with Crippen LogP contribution in [0.5, 0.6) is 0 Å². The van der Waals surface area contributed by atoms with Crippen LogP contribution in [0.1, 0.15) is 25.0 Å². The van der Waals surface area contributed by atoms with Crippen LogP contribution in [0.15, 0.2) is 192 Å². The van der Waals surface area contributed by atoms with Crippen LogP contribution in [0, 0.1) is 0 Å². The van der Waals surface area contributed by atoms with Crippen LogP contribution in [0.25, 0.3) is 111 Å². The van der Waals surface area contributed by atoms with Crippen molar-refractivity contribution in [3.63, 3.8) is 0 Å². The first kappa shape index (κ1) is 34.4. The molecule has 0 saturated carbocycles. The molecule has 60 heavy (non-hydrogen) atoms. The lowest BCUT2D eigenvalue weighted by Crippen LogP contribution is -2.14. The molecule has 0 spiro atoms. The van der Waals surface area contributed by atoms with Gasteiger partial charge >= 0.3 is 0 Å². The minimum absolute atomic E-state index is 0.0651. The van der Waals surface area contributed by atoms with Crippen LogP contribution < -0.4 is 0 Å². The summed E-state index contributed by atoms with van der Waals surface area (Å²) in [6, 6.07) is 66.4. The molecule has 1 aliphatic carbocycles. The van der Waals surface area contributed by atoms with Gasteiger partial charge in [-0.3, -0.25) is 0 Å². The van der Waals surface area contributed by atoms with E-state index in [1.54, 1.807) is 0 Å². The first-order valence-electron chi connectivity index (χ1n) is 20.5. The van der Waals surface area contributed by atoms with Crippen molar-refractivity contribution >= 4 is 43.6 Å². The van der Waals surface area contributed by atoms with Gasteiger partial charge in [0, 0.05) is 54.6 Å². The zero-order valence-corrected chi connectivity index (χ0v) is 33.1. The number of hydrogen-bond donors (Lipinski definition) is 0. The molecule has 4 nitrogen and oxygen atoms in total. The van der Waals surface area contributed by atoms with Crippen LogP contribution in [-0.2, 0) is 5.41 Å². The third-order valence-electron chi connectivity index (χ3n) is 12.5. The molecule has 1 aliphatic rings. The van der Waals surface area contributed by atoms with Crippen molar-refractivity contribution in [1.29, 1.82) is 0 Å². The van der Waals surface area contributed by atoms with Gasteiger partial charge in [-0.25, -0.2) is 15.0 Å². The van der Waals surface area contributed by atoms with Crippen molar-refractivity contribution in [2.24, 2.45) is 0 Å². The van der Waals surface area contributed by atoms with E-state index in [2.05, 4.69) is 178 Å². The van der Waals surface area contributed by atoms with Crippen molar-refractivity contribution in [3.8, 4) is 67.4 Å². The summed E-state index contributed by atoms with van der Waals surface area (Å²) in [5.74, 6) is 0.710. The molecule has 3 heterocycles. The lowest BCUT2D eigenvalue weighted by molar-refractivity contribution is 0.660. The fourth-order valence-corrected chi connectivity index (χ4v) is 9.48. The minimum atomic E-state index is -0.0651. The van der Waals surface area contributed by atoms with E-state index in [0.29, 0.717) is 5.82 Å². The van der Waals surface area contributed by atoms with Gasteiger partial charge in [0.05, 0.1) is 22.6 Å². The molecule has 0 fully saturated rings. The first-order valence-corrected chi connectivity index (χ1v) is 20.5. The van der Waals surface area contributed by atoms with Gasteiger partial charge in [0.2, 0.25) is 0 Å². The molecule has 11 aromatic rings. The Balaban J connectivity index is 0.977. The summed E-state index contributed by atoms with van der Waals surface area (Å²) in [4.78, 5) is 15.8. The molecular formula is C56H37N3O. The Hall–Kier alpha value is -7.69. The van der Waals surface area contributed by atoms with E-state index >= 15 is 0 Å². The van der Waals surface area contributed by atoms with Crippen molar-refractivity contribution < 1.29 is 4.42 Å². The summed E-state index contributed by atoms with van der Waals surface area (Å²) in [5, 5.41) is 5.60. The standard InChI is InChI=1S/C56H37N3O/c1-56(2)45-19-11-9-17-40(45)44-31-39(26-29-46(44)56)55-58-47(35-13-5-3-6-14-35)33-48(59-55)36-23-21-34(22-24-36)38-25-27-41-49(32-38)57-54(37-15-7-4-8-16-37)43-28-30-51-53(52(41)43)42-18-10-12-20-50(42)60-51/h3-33H,1-2H3. The Bertz CT molecular complexity index is 3490. The second kappa shape index (κ2) is 13.2. The predicted octanol–water partition coefficient (Wildman–Crippen LogP) is 14.7. The molecule has 8 aromatic carbocycles. The Morgan fingerprint density at radius 1 is 0.383 bits per heavy atom. The van der Waals surface area contributed by atoms with Crippen LogP contribution in [-0.4, -0.2) is 15.0 Å². The second-order valence-corrected chi connectivity index (χ2v) is 16.4. The predicted molar refractivity (Wildman–Crippen MR) is 247 cm³/mol. The van der Waals surface area contributed by atoms with Gasteiger partial charge in [-0.2, -0.15) is 0 Å². The van der Waals surface area contributed by atoms with Crippen LogP contribution in [0.4, 0.5) is 0 Å². The van der Waals surface area contributed by atoms with Gasteiger partial charge in [0.1, 0.15) is 11.2 Å². The highest BCUT2D eigenvalue weighted by atomic mass is 16.3. The van der Waals surface area contributed by atoms with Crippen molar-refractivity contribution in [3.05, 3.63) is 199 Å². The molecule has 0 bridgehead atoms. The molecule has 0 radical (unpaired) electrons. The Morgan fingerprint density at radius 2 is 1.00 bits per heavy atom.